The van der Waals surface area contributed by atoms with E-state index in [0.29, 0.717) is 31.2 Å². The average molecular weight is 439 g/mol. The van der Waals surface area contributed by atoms with Gasteiger partial charge in [0, 0.05) is 13.1 Å². The number of rotatable bonds is 7. The molecule has 31 heavy (non-hydrogen) atoms. The summed E-state index contributed by atoms with van der Waals surface area (Å²) in [6.45, 7) is 1.79. The molecule has 162 valence electrons. The van der Waals surface area contributed by atoms with E-state index in [1.165, 1.54) is 11.1 Å². The second-order valence-electron chi connectivity index (χ2n) is 8.26. The minimum absolute atomic E-state index is 0.0143. The average Bonchev–Trinajstić information content (AvgIpc) is 3.54. The fourth-order valence-corrected chi connectivity index (χ4v) is 5.95. The zero-order valence-corrected chi connectivity index (χ0v) is 18.2. The molecule has 5 rings (SSSR count). The van der Waals surface area contributed by atoms with Crippen LogP contribution in [-0.2, 0) is 40.8 Å². The van der Waals surface area contributed by atoms with Crippen LogP contribution in [0.2, 0.25) is 0 Å². The minimum atomic E-state index is -3.49. The Balaban J connectivity index is 1.20. The molecule has 0 amide bonds. The molecule has 7 nitrogen and oxygen atoms in total. The molecule has 2 heterocycles. The van der Waals surface area contributed by atoms with Gasteiger partial charge in [-0.2, -0.15) is 4.31 Å². The van der Waals surface area contributed by atoms with Crippen LogP contribution in [0.5, 0.6) is 0 Å². The van der Waals surface area contributed by atoms with E-state index in [0.717, 1.165) is 36.9 Å². The van der Waals surface area contributed by atoms with Crippen LogP contribution in [0.25, 0.3) is 0 Å². The van der Waals surface area contributed by atoms with Gasteiger partial charge in [0.15, 0.2) is 0 Å². The van der Waals surface area contributed by atoms with Crippen LogP contribution < -0.4 is 0 Å². The zero-order chi connectivity index (χ0) is 21.3. The Kier molecular flexibility index (Phi) is 5.60. The van der Waals surface area contributed by atoms with Crippen molar-refractivity contribution in [3.05, 3.63) is 77.1 Å². The maximum atomic E-state index is 13.2. The highest BCUT2D eigenvalue weighted by molar-refractivity contribution is 7.89. The van der Waals surface area contributed by atoms with Gasteiger partial charge in [-0.25, -0.2) is 13.1 Å². The zero-order valence-electron chi connectivity index (χ0n) is 17.4. The van der Waals surface area contributed by atoms with Crippen LogP contribution >= 0.6 is 0 Å². The van der Waals surface area contributed by atoms with E-state index in [1.807, 2.05) is 48.7 Å². The Morgan fingerprint density at radius 1 is 1.03 bits per heavy atom. The third kappa shape index (κ3) is 4.28. The largest absolute Gasteiger partial charge is 0.370 e. The first-order valence-electron chi connectivity index (χ1n) is 10.7. The lowest BCUT2D eigenvalue weighted by Crippen LogP contribution is -2.29. The molecule has 0 spiro atoms. The van der Waals surface area contributed by atoms with Crippen LogP contribution in [0.15, 0.2) is 59.6 Å². The monoisotopic (exact) mass is 438 g/mol. The van der Waals surface area contributed by atoms with E-state index in [-0.39, 0.29) is 6.04 Å². The van der Waals surface area contributed by atoms with Gasteiger partial charge in [0.1, 0.15) is 5.69 Å². The molecular formula is C23H26N4O3S. The van der Waals surface area contributed by atoms with E-state index in [1.54, 1.807) is 15.1 Å². The van der Waals surface area contributed by atoms with E-state index >= 15 is 0 Å². The van der Waals surface area contributed by atoms with Gasteiger partial charge in [0.2, 0.25) is 10.0 Å². The van der Waals surface area contributed by atoms with E-state index in [4.69, 9.17) is 4.74 Å². The van der Waals surface area contributed by atoms with Gasteiger partial charge in [-0.15, -0.1) is 5.10 Å². The number of aryl methyl sites for hydroxylation is 2. The predicted molar refractivity (Wildman–Crippen MR) is 116 cm³/mol. The molecule has 1 atom stereocenters. The standard InChI is InChI=1S/C23H26N4O3S/c28-31(29,23-10-9-19-7-4-8-20(19)13-23)26-12-11-22(15-26)27-14-21(24-25-27)17-30-16-18-5-2-1-3-6-18/h1-3,5-6,9-10,13-14,22H,4,7-8,11-12,15-17H2. The molecular weight excluding hydrogens is 412 g/mol. The predicted octanol–water partition coefficient (Wildman–Crippen LogP) is 3.12. The van der Waals surface area contributed by atoms with Crippen molar-refractivity contribution in [2.75, 3.05) is 13.1 Å². The topological polar surface area (TPSA) is 77.3 Å². The summed E-state index contributed by atoms with van der Waals surface area (Å²) in [5.41, 5.74) is 4.31. The van der Waals surface area contributed by atoms with Crippen LogP contribution in [0.4, 0.5) is 0 Å². The van der Waals surface area contributed by atoms with Gasteiger partial charge in [0.25, 0.3) is 0 Å². The number of aromatic nitrogens is 3. The van der Waals surface area contributed by atoms with E-state index < -0.39 is 10.0 Å². The van der Waals surface area contributed by atoms with Gasteiger partial charge in [0.05, 0.1) is 30.3 Å². The van der Waals surface area contributed by atoms with Gasteiger partial charge < -0.3 is 4.74 Å². The Labute approximate surface area is 182 Å². The van der Waals surface area contributed by atoms with Crippen molar-refractivity contribution in [3.63, 3.8) is 0 Å². The number of sulfonamides is 1. The summed E-state index contributed by atoms with van der Waals surface area (Å²) in [4.78, 5) is 0.405. The summed E-state index contributed by atoms with van der Waals surface area (Å²) >= 11 is 0. The Hall–Kier alpha value is -2.55. The SMILES string of the molecule is O=S(=O)(c1ccc2c(c1)CCC2)N1CCC(n2cc(COCc3ccccc3)nn2)C1. The number of benzene rings is 2. The van der Waals surface area contributed by atoms with Crippen LogP contribution in [-0.4, -0.2) is 40.8 Å². The number of hydrogen-bond donors (Lipinski definition) is 0. The smallest absolute Gasteiger partial charge is 0.243 e. The molecule has 0 radical (unpaired) electrons. The number of fused-ring (bicyclic) bond motifs is 1. The van der Waals surface area contributed by atoms with Crippen molar-refractivity contribution in [2.45, 2.75) is 49.8 Å². The first-order valence-corrected chi connectivity index (χ1v) is 12.2. The fraction of sp³-hybridized carbons (Fsp3) is 0.391. The molecule has 1 saturated heterocycles. The lowest BCUT2D eigenvalue weighted by Gasteiger charge is -2.17. The molecule has 0 bridgehead atoms. The summed E-state index contributed by atoms with van der Waals surface area (Å²) in [6.07, 6.45) is 5.70. The Bertz CT molecular complexity index is 1160. The third-order valence-corrected chi connectivity index (χ3v) is 7.99. The molecule has 1 fully saturated rings. The van der Waals surface area contributed by atoms with Gasteiger partial charge in [-0.05, 0) is 54.5 Å². The Morgan fingerprint density at radius 3 is 2.74 bits per heavy atom. The first-order chi connectivity index (χ1) is 15.1. The molecule has 1 aliphatic heterocycles. The molecule has 3 aromatic rings. The van der Waals surface area contributed by atoms with Gasteiger partial charge in [-0.3, -0.25) is 0 Å². The summed E-state index contributed by atoms with van der Waals surface area (Å²) in [6, 6.07) is 15.6. The quantitative estimate of drug-likeness (QED) is 0.566. The van der Waals surface area contributed by atoms with Crippen molar-refractivity contribution in [1.82, 2.24) is 19.3 Å². The highest BCUT2D eigenvalue weighted by Gasteiger charge is 2.34. The van der Waals surface area contributed by atoms with Crippen molar-refractivity contribution >= 4 is 10.0 Å². The second-order valence-corrected chi connectivity index (χ2v) is 10.2. The normalized spacial score (nSPS) is 19.0. The van der Waals surface area contributed by atoms with Crippen LogP contribution in [0, 0.1) is 0 Å². The summed E-state index contributed by atoms with van der Waals surface area (Å²) in [5.74, 6) is 0. The molecule has 1 unspecified atom stereocenters. The molecule has 0 N–H and O–H groups in total. The van der Waals surface area contributed by atoms with Crippen LogP contribution in [0.3, 0.4) is 0 Å². The van der Waals surface area contributed by atoms with Gasteiger partial charge >= 0.3 is 0 Å². The summed E-state index contributed by atoms with van der Waals surface area (Å²) < 4.78 is 35.4. The lowest BCUT2D eigenvalue weighted by atomic mass is 10.1. The minimum Gasteiger partial charge on any atom is -0.370 e. The number of ether oxygens (including phenoxy) is 1. The molecule has 8 heteroatoms. The van der Waals surface area contributed by atoms with E-state index in [9.17, 15) is 8.42 Å². The van der Waals surface area contributed by atoms with Crippen molar-refractivity contribution in [2.24, 2.45) is 0 Å². The fourth-order valence-electron chi connectivity index (χ4n) is 4.41. The maximum Gasteiger partial charge on any atom is 0.243 e. The third-order valence-electron chi connectivity index (χ3n) is 6.13. The molecule has 0 saturated carbocycles. The number of hydrogen-bond acceptors (Lipinski definition) is 5. The number of nitrogens with zero attached hydrogens (tertiary/aromatic N) is 4. The molecule has 2 aromatic carbocycles. The molecule has 2 aliphatic rings. The summed E-state index contributed by atoms with van der Waals surface area (Å²) in [5, 5.41) is 8.42. The van der Waals surface area contributed by atoms with Crippen molar-refractivity contribution in [1.29, 1.82) is 0 Å². The highest BCUT2D eigenvalue weighted by atomic mass is 32.2. The van der Waals surface area contributed by atoms with Crippen molar-refractivity contribution < 1.29 is 13.2 Å². The van der Waals surface area contributed by atoms with E-state index in [2.05, 4.69) is 10.3 Å². The van der Waals surface area contributed by atoms with Crippen LogP contribution in [0.1, 0.15) is 41.3 Å². The highest BCUT2D eigenvalue weighted by Crippen LogP contribution is 2.30. The second kappa shape index (κ2) is 8.53. The van der Waals surface area contributed by atoms with Gasteiger partial charge in [-0.1, -0.05) is 41.6 Å². The first kappa shape index (κ1) is 20.4. The molecule has 1 aliphatic carbocycles. The Morgan fingerprint density at radius 2 is 1.87 bits per heavy atom. The summed E-state index contributed by atoms with van der Waals surface area (Å²) in [7, 11) is -3.49. The maximum absolute atomic E-state index is 13.2. The molecule has 1 aromatic heterocycles. The van der Waals surface area contributed by atoms with Crippen molar-refractivity contribution in [3.8, 4) is 0 Å². The lowest BCUT2D eigenvalue weighted by molar-refractivity contribution is 0.104.